The Hall–Kier alpha value is -2.37. The monoisotopic (exact) mass is 288 g/mol. The Balaban J connectivity index is 1.94. The zero-order chi connectivity index (χ0) is 15.5. The summed E-state index contributed by atoms with van der Waals surface area (Å²) in [7, 11) is 0. The van der Waals surface area contributed by atoms with Crippen molar-refractivity contribution < 1.29 is 9.32 Å². The third kappa shape index (κ3) is 4.59. The van der Waals surface area contributed by atoms with E-state index in [1.165, 1.54) is 0 Å². The number of carbonyl (C=O) groups excluding carboxylic acids is 1. The molecule has 1 heterocycles. The Morgan fingerprint density at radius 2 is 1.90 bits per heavy atom. The van der Waals surface area contributed by atoms with E-state index in [1.54, 1.807) is 19.1 Å². The second-order valence-corrected chi connectivity index (χ2v) is 5.87. The van der Waals surface area contributed by atoms with E-state index in [0.717, 1.165) is 5.69 Å². The first-order valence-electron chi connectivity index (χ1n) is 6.79. The van der Waals surface area contributed by atoms with Gasteiger partial charge in [-0.25, -0.2) is 0 Å². The van der Waals surface area contributed by atoms with Crippen LogP contribution >= 0.6 is 0 Å². The summed E-state index contributed by atoms with van der Waals surface area (Å²) in [5.41, 5.74) is 1.27. The average molecular weight is 288 g/mol. The first-order chi connectivity index (χ1) is 9.83. The Bertz CT molecular complexity index is 611. The van der Waals surface area contributed by atoms with Gasteiger partial charge in [-0.2, -0.15) is 4.98 Å². The molecule has 0 bridgehead atoms. The molecule has 6 nitrogen and oxygen atoms in total. The molecule has 0 saturated heterocycles. The van der Waals surface area contributed by atoms with Crippen LogP contribution in [0, 0.1) is 6.92 Å². The van der Waals surface area contributed by atoms with Gasteiger partial charge in [-0.15, -0.1) is 0 Å². The number of nitrogens with zero attached hydrogens (tertiary/aromatic N) is 2. The molecule has 0 aliphatic rings. The van der Waals surface area contributed by atoms with Crippen molar-refractivity contribution >= 4 is 11.6 Å². The highest BCUT2D eigenvalue weighted by atomic mass is 16.5. The quantitative estimate of drug-likeness (QED) is 0.903. The van der Waals surface area contributed by atoms with E-state index in [4.69, 9.17) is 4.52 Å². The molecule has 2 rings (SSSR count). The lowest BCUT2D eigenvalue weighted by Gasteiger charge is -2.20. The van der Waals surface area contributed by atoms with Crippen molar-refractivity contribution in [1.82, 2.24) is 15.5 Å². The molecular formula is C15H20N4O2. The average Bonchev–Trinajstić information content (AvgIpc) is 2.81. The summed E-state index contributed by atoms with van der Waals surface area (Å²) in [6, 6.07) is 7.26. The predicted molar refractivity (Wildman–Crippen MR) is 80.0 cm³/mol. The van der Waals surface area contributed by atoms with Crippen molar-refractivity contribution in [3.05, 3.63) is 41.5 Å². The van der Waals surface area contributed by atoms with Gasteiger partial charge in [-0.1, -0.05) is 5.16 Å². The maximum absolute atomic E-state index is 12.0. The molecular weight excluding hydrogens is 268 g/mol. The van der Waals surface area contributed by atoms with Crippen molar-refractivity contribution in [2.75, 3.05) is 5.32 Å². The molecule has 21 heavy (non-hydrogen) atoms. The number of aromatic nitrogens is 2. The minimum atomic E-state index is -0.246. The van der Waals surface area contributed by atoms with Crippen molar-refractivity contribution in [3.63, 3.8) is 0 Å². The highest BCUT2D eigenvalue weighted by molar-refractivity contribution is 5.94. The maximum atomic E-state index is 12.0. The summed E-state index contributed by atoms with van der Waals surface area (Å²) in [5, 5.41) is 9.80. The zero-order valence-electron chi connectivity index (χ0n) is 12.7. The second-order valence-electron chi connectivity index (χ2n) is 5.87. The molecule has 0 aliphatic carbocycles. The smallest absolute Gasteiger partial charge is 0.251 e. The van der Waals surface area contributed by atoms with Crippen molar-refractivity contribution in [2.24, 2.45) is 0 Å². The summed E-state index contributed by atoms with van der Waals surface area (Å²) in [5.74, 6) is 1.06. The van der Waals surface area contributed by atoms with Gasteiger partial charge >= 0.3 is 0 Å². The fourth-order valence-corrected chi connectivity index (χ4v) is 1.74. The van der Waals surface area contributed by atoms with E-state index in [1.807, 2.05) is 32.9 Å². The van der Waals surface area contributed by atoms with Gasteiger partial charge in [0.05, 0.1) is 6.54 Å². The number of hydrogen-bond donors (Lipinski definition) is 2. The molecule has 0 aliphatic heterocycles. The van der Waals surface area contributed by atoms with E-state index in [0.29, 0.717) is 23.8 Å². The molecule has 0 saturated carbocycles. The SMILES string of the molecule is Cc1noc(CNc2ccc(C(=O)NC(C)(C)C)cc2)n1. The number of anilines is 1. The molecule has 0 radical (unpaired) electrons. The molecule has 0 fully saturated rings. The van der Waals surface area contributed by atoms with E-state index >= 15 is 0 Å². The van der Waals surface area contributed by atoms with Gasteiger partial charge < -0.3 is 15.2 Å². The van der Waals surface area contributed by atoms with Gasteiger partial charge in [-0.05, 0) is 52.0 Å². The van der Waals surface area contributed by atoms with Crippen LogP contribution in [0.5, 0.6) is 0 Å². The highest BCUT2D eigenvalue weighted by Gasteiger charge is 2.14. The van der Waals surface area contributed by atoms with E-state index < -0.39 is 0 Å². The topological polar surface area (TPSA) is 80.0 Å². The lowest BCUT2D eigenvalue weighted by Crippen LogP contribution is -2.40. The molecule has 112 valence electrons. The first-order valence-corrected chi connectivity index (χ1v) is 6.79. The normalized spacial score (nSPS) is 11.2. The molecule has 1 aromatic heterocycles. The molecule has 0 atom stereocenters. The van der Waals surface area contributed by atoms with Crippen LogP contribution in [0.2, 0.25) is 0 Å². The van der Waals surface area contributed by atoms with Gasteiger partial charge in [0, 0.05) is 16.8 Å². The minimum absolute atomic E-state index is 0.0819. The fourth-order valence-electron chi connectivity index (χ4n) is 1.74. The Morgan fingerprint density at radius 3 is 2.43 bits per heavy atom. The van der Waals surface area contributed by atoms with Crippen LogP contribution in [0.25, 0.3) is 0 Å². The van der Waals surface area contributed by atoms with Crippen molar-refractivity contribution in [1.29, 1.82) is 0 Å². The van der Waals surface area contributed by atoms with E-state index in [2.05, 4.69) is 20.8 Å². The summed E-state index contributed by atoms with van der Waals surface area (Å²) in [4.78, 5) is 16.1. The zero-order valence-corrected chi connectivity index (χ0v) is 12.7. The number of amides is 1. The standard InChI is InChI=1S/C15H20N4O2/c1-10-17-13(21-19-10)9-16-12-7-5-11(6-8-12)14(20)18-15(2,3)4/h5-8,16H,9H2,1-4H3,(H,18,20). The highest BCUT2D eigenvalue weighted by Crippen LogP contribution is 2.12. The molecule has 1 aromatic carbocycles. The number of rotatable bonds is 4. The van der Waals surface area contributed by atoms with Gasteiger partial charge in [0.2, 0.25) is 5.89 Å². The fraction of sp³-hybridized carbons (Fsp3) is 0.400. The van der Waals surface area contributed by atoms with Crippen LogP contribution in [0.4, 0.5) is 5.69 Å². The molecule has 2 aromatic rings. The van der Waals surface area contributed by atoms with Crippen molar-refractivity contribution in [2.45, 2.75) is 39.8 Å². The molecule has 6 heteroatoms. The lowest BCUT2D eigenvalue weighted by atomic mass is 10.1. The van der Waals surface area contributed by atoms with Gasteiger partial charge in [0.1, 0.15) is 0 Å². The first kappa shape index (κ1) is 15.0. The summed E-state index contributed by atoms with van der Waals surface area (Å²) < 4.78 is 5.02. The minimum Gasteiger partial charge on any atom is -0.376 e. The van der Waals surface area contributed by atoms with Crippen molar-refractivity contribution in [3.8, 4) is 0 Å². The number of hydrogen-bond acceptors (Lipinski definition) is 5. The van der Waals surface area contributed by atoms with E-state index in [-0.39, 0.29) is 11.4 Å². The number of nitrogens with one attached hydrogen (secondary N) is 2. The Labute approximate surface area is 123 Å². The molecule has 0 unspecified atom stereocenters. The molecule has 1 amide bonds. The Kier molecular flexibility index (Phi) is 4.26. The van der Waals surface area contributed by atoms with Gasteiger partial charge in [0.25, 0.3) is 5.91 Å². The predicted octanol–water partition coefficient (Wildman–Crippen LogP) is 2.52. The lowest BCUT2D eigenvalue weighted by molar-refractivity contribution is 0.0919. The van der Waals surface area contributed by atoms with Crippen LogP contribution in [0.15, 0.2) is 28.8 Å². The van der Waals surface area contributed by atoms with Crippen LogP contribution < -0.4 is 10.6 Å². The third-order valence-corrected chi connectivity index (χ3v) is 2.65. The van der Waals surface area contributed by atoms with Crippen LogP contribution in [-0.2, 0) is 6.54 Å². The third-order valence-electron chi connectivity index (χ3n) is 2.65. The van der Waals surface area contributed by atoms with Crippen LogP contribution in [-0.4, -0.2) is 21.6 Å². The summed E-state index contributed by atoms with van der Waals surface area (Å²) in [6.45, 7) is 8.08. The summed E-state index contributed by atoms with van der Waals surface area (Å²) >= 11 is 0. The van der Waals surface area contributed by atoms with Gasteiger partial charge in [-0.3, -0.25) is 4.79 Å². The maximum Gasteiger partial charge on any atom is 0.251 e. The number of benzene rings is 1. The molecule has 0 spiro atoms. The number of carbonyl (C=O) groups is 1. The number of aryl methyl sites for hydroxylation is 1. The van der Waals surface area contributed by atoms with Gasteiger partial charge in [0.15, 0.2) is 5.82 Å². The Morgan fingerprint density at radius 1 is 1.24 bits per heavy atom. The van der Waals surface area contributed by atoms with Crippen LogP contribution in [0.3, 0.4) is 0 Å². The molecule has 2 N–H and O–H groups in total. The second kappa shape index (κ2) is 5.95. The summed E-state index contributed by atoms with van der Waals surface area (Å²) in [6.07, 6.45) is 0. The van der Waals surface area contributed by atoms with E-state index in [9.17, 15) is 4.79 Å². The van der Waals surface area contributed by atoms with Crippen LogP contribution in [0.1, 0.15) is 42.8 Å². The largest absolute Gasteiger partial charge is 0.376 e.